The van der Waals surface area contributed by atoms with Crippen molar-refractivity contribution in [3.63, 3.8) is 0 Å². The van der Waals surface area contributed by atoms with Crippen LogP contribution in [0.1, 0.15) is 12.8 Å². The molecule has 2 heteroatoms. The third-order valence-electron chi connectivity index (χ3n) is 1.58. The lowest BCUT2D eigenvalue weighted by Crippen LogP contribution is -2.28. The van der Waals surface area contributed by atoms with Gasteiger partial charge in [-0.15, -0.1) is 0 Å². The topological polar surface area (TPSA) is 37.3 Å². The first-order valence-electron chi connectivity index (χ1n) is 2.76. The van der Waals surface area contributed by atoms with Gasteiger partial charge in [-0.2, -0.15) is 0 Å². The van der Waals surface area contributed by atoms with Gasteiger partial charge in [0.05, 0.1) is 5.92 Å². The standard InChI is InChI=1S/C6H9O2/c1-4-2-5(3-4)6(7)8/h4-5H,1-3H2,(H,7,8). The van der Waals surface area contributed by atoms with Crippen LogP contribution in [0.4, 0.5) is 0 Å². The number of carbonyl (C=O) groups is 1. The zero-order valence-electron chi connectivity index (χ0n) is 4.63. The first kappa shape index (κ1) is 5.60. The van der Waals surface area contributed by atoms with Gasteiger partial charge in [-0.3, -0.25) is 4.79 Å². The second-order valence-corrected chi connectivity index (χ2v) is 2.37. The third kappa shape index (κ3) is 0.831. The van der Waals surface area contributed by atoms with Crippen LogP contribution in [-0.2, 0) is 4.79 Å². The summed E-state index contributed by atoms with van der Waals surface area (Å²) in [4.78, 5) is 10.1. The Morgan fingerprint density at radius 3 is 2.25 bits per heavy atom. The van der Waals surface area contributed by atoms with E-state index >= 15 is 0 Å². The summed E-state index contributed by atoms with van der Waals surface area (Å²) in [6, 6.07) is 0. The first-order valence-corrected chi connectivity index (χ1v) is 2.76. The van der Waals surface area contributed by atoms with Crippen molar-refractivity contribution in [1.82, 2.24) is 0 Å². The molecule has 1 saturated carbocycles. The van der Waals surface area contributed by atoms with Gasteiger partial charge >= 0.3 is 5.97 Å². The van der Waals surface area contributed by atoms with Crippen LogP contribution in [0.2, 0.25) is 0 Å². The molecule has 1 aliphatic carbocycles. The molecule has 0 amide bonds. The molecular formula is C6H9O2. The van der Waals surface area contributed by atoms with Crippen LogP contribution in [0.3, 0.4) is 0 Å². The van der Waals surface area contributed by atoms with Crippen LogP contribution in [0.15, 0.2) is 0 Å². The molecule has 0 spiro atoms. The minimum Gasteiger partial charge on any atom is -0.481 e. The van der Waals surface area contributed by atoms with Crippen molar-refractivity contribution in [3.05, 3.63) is 6.92 Å². The molecule has 0 aromatic carbocycles. The molecule has 0 saturated heterocycles. The summed E-state index contributed by atoms with van der Waals surface area (Å²) < 4.78 is 0. The van der Waals surface area contributed by atoms with E-state index in [0.717, 1.165) is 12.8 Å². The van der Waals surface area contributed by atoms with E-state index in [0.29, 0.717) is 5.92 Å². The zero-order chi connectivity index (χ0) is 6.15. The Hall–Kier alpha value is -0.530. The summed E-state index contributed by atoms with van der Waals surface area (Å²) in [7, 11) is 0. The Morgan fingerprint density at radius 2 is 2.12 bits per heavy atom. The van der Waals surface area contributed by atoms with E-state index in [-0.39, 0.29) is 5.92 Å². The number of rotatable bonds is 1. The van der Waals surface area contributed by atoms with Crippen molar-refractivity contribution in [3.8, 4) is 0 Å². The molecule has 1 rings (SSSR count). The second-order valence-electron chi connectivity index (χ2n) is 2.37. The highest BCUT2D eigenvalue weighted by atomic mass is 16.4. The van der Waals surface area contributed by atoms with E-state index in [2.05, 4.69) is 6.92 Å². The smallest absolute Gasteiger partial charge is 0.306 e. The molecule has 0 aromatic rings. The third-order valence-corrected chi connectivity index (χ3v) is 1.58. The van der Waals surface area contributed by atoms with Gasteiger partial charge in [-0.1, -0.05) is 6.92 Å². The highest BCUT2D eigenvalue weighted by Crippen LogP contribution is 2.32. The van der Waals surface area contributed by atoms with Gasteiger partial charge in [0.1, 0.15) is 0 Å². The molecule has 0 bridgehead atoms. The van der Waals surface area contributed by atoms with Crippen molar-refractivity contribution >= 4 is 5.97 Å². The fourth-order valence-electron chi connectivity index (χ4n) is 0.937. The number of hydrogen-bond acceptors (Lipinski definition) is 1. The van der Waals surface area contributed by atoms with Crippen LogP contribution in [0.25, 0.3) is 0 Å². The minimum absolute atomic E-state index is 0.0856. The molecule has 2 nitrogen and oxygen atoms in total. The molecule has 0 unspecified atom stereocenters. The molecule has 1 N–H and O–H groups in total. The van der Waals surface area contributed by atoms with E-state index in [1.807, 2.05) is 0 Å². The maximum Gasteiger partial charge on any atom is 0.306 e. The number of carboxylic acid groups (broad SMARTS) is 1. The second kappa shape index (κ2) is 1.77. The zero-order valence-corrected chi connectivity index (χ0v) is 4.63. The van der Waals surface area contributed by atoms with Gasteiger partial charge in [0.25, 0.3) is 0 Å². The quantitative estimate of drug-likeness (QED) is 0.549. The van der Waals surface area contributed by atoms with E-state index < -0.39 is 5.97 Å². The van der Waals surface area contributed by atoms with Crippen molar-refractivity contribution in [2.45, 2.75) is 12.8 Å². The van der Waals surface area contributed by atoms with Crippen LogP contribution in [0.5, 0.6) is 0 Å². The maximum atomic E-state index is 10.1. The lowest BCUT2D eigenvalue weighted by molar-refractivity contribution is -0.145. The first-order chi connectivity index (χ1) is 3.70. The molecule has 8 heavy (non-hydrogen) atoms. The summed E-state index contributed by atoms with van der Waals surface area (Å²) in [5.41, 5.74) is 0. The SMILES string of the molecule is [CH2]C1CC(C(=O)O)C1. The van der Waals surface area contributed by atoms with E-state index in [1.165, 1.54) is 0 Å². The lowest BCUT2D eigenvalue weighted by atomic mass is 9.76. The molecule has 45 valence electrons. The Labute approximate surface area is 48.5 Å². The average molecular weight is 113 g/mol. The van der Waals surface area contributed by atoms with Gasteiger partial charge in [0.15, 0.2) is 0 Å². The monoisotopic (exact) mass is 113 g/mol. The molecule has 1 aliphatic rings. The van der Waals surface area contributed by atoms with E-state index in [9.17, 15) is 4.79 Å². The largest absolute Gasteiger partial charge is 0.481 e. The highest BCUT2D eigenvalue weighted by Gasteiger charge is 2.30. The lowest BCUT2D eigenvalue weighted by Gasteiger charge is -2.28. The van der Waals surface area contributed by atoms with Crippen molar-refractivity contribution in [2.24, 2.45) is 11.8 Å². The van der Waals surface area contributed by atoms with Crippen molar-refractivity contribution in [1.29, 1.82) is 0 Å². The molecule has 0 aromatic heterocycles. The van der Waals surface area contributed by atoms with Crippen LogP contribution in [0, 0.1) is 18.8 Å². The van der Waals surface area contributed by atoms with E-state index in [1.54, 1.807) is 0 Å². The minimum atomic E-state index is -0.662. The van der Waals surface area contributed by atoms with Crippen LogP contribution in [-0.4, -0.2) is 11.1 Å². The Morgan fingerprint density at radius 1 is 1.62 bits per heavy atom. The maximum absolute atomic E-state index is 10.1. The summed E-state index contributed by atoms with van der Waals surface area (Å²) in [6.07, 6.45) is 1.55. The van der Waals surface area contributed by atoms with Crippen molar-refractivity contribution in [2.75, 3.05) is 0 Å². The molecular weight excluding hydrogens is 104 g/mol. The van der Waals surface area contributed by atoms with Crippen LogP contribution >= 0.6 is 0 Å². The Bertz CT molecular complexity index is 103. The fourth-order valence-corrected chi connectivity index (χ4v) is 0.937. The summed E-state index contributed by atoms with van der Waals surface area (Å²) in [6.45, 7) is 3.71. The molecule has 1 radical (unpaired) electrons. The van der Waals surface area contributed by atoms with Gasteiger partial charge in [0, 0.05) is 0 Å². The fraction of sp³-hybridized carbons (Fsp3) is 0.667. The summed E-state index contributed by atoms with van der Waals surface area (Å²) in [5.74, 6) is -0.349. The predicted molar refractivity (Wildman–Crippen MR) is 29.2 cm³/mol. The van der Waals surface area contributed by atoms with E-state index in [4.69, 9.17) is 5.11 Å². The van der Waals surface area contributed by atoms with Gasteiger partial charge < -0.3 is 5.11 Å². The van der Waals surface area contributed by atoms with Gasteiger partial charge in [-0.25, -0.2) is 0 Å². The van der Waals surface area contributed by atoms with Crippen LogP contribution < -0.4 is 0 Å². The molecule has 1 fully saturated rings. The van der Waals surface area contributed by atoms with Gasteiger partial charge in [-0.05, 0) is 18.8 Å². The number of hydrogen-bond donors (Lipinski definition) is 1. The summed E-state index contributed by atoms with van der Waals surface area (Å²) >= 11 is 0. The number of carboxylic acids is 1. The van der Waals surface area contributed by atoms with Crippen molar-refractivity contribution < 1.29 is 9.90 Å². The highest BCUT2D eigenvalue weighted by molar-refractivity contribution is 5.71. The molecule has 0 heterocycles. The molecule has 0 aliphatic heterocycles. The number of aliphatic carboxylic acids is 1. The average Bonchev–Trinajstić information content (AvgIpc) is 1.57. The molecule has 0 atom stereocenters. The summed E-state index contributed by atoms with van der Waals surface area (Å²) in [5, 5.41) is 8.32. The Kier molecular flexibility index (Phi) is 1.24. The van der Waals surface area contributed by atoms with Gasteiger partial charge in [0.2, 0.25) is 0 Å². The Balaban J connectivity index is 2.25. The predicted octanol–water partition coefficient (Wildman–Crippen LogP) is 0.931. The normalized spacial score (nSPS) is 36.1.